The van der Waals surface area contributed by atoms with Crippen molar-refractivity contribution in [2.45, 2.75) is 45.2 Å². The van der Waals surface area contributed by atoms with Gasteiger partial charge in [0.05, 0.1) is 13.2 Å². The summed E-state index contributed by atoms with van der Waals surface area (Å²) in [6.45, 7) is 3.62. The molecule has 0 N–H and O–H groups in total. The van der Waals surface area contributed by atoms with Gasteiger partial charge >= 0.3 is 11.9 Å². The summed E-state index contributed by atoms with van der Waals surface area (Å²) < 4.78 is 9.75. The predicted molar refractivity (Wildman–Crippen MR) is 70.0 cm³/mol. The lowest BCUT2D eigenvalue weighted by molar-refractivity contribution is -0.167. The summed E-state index contributed by atoms with van der Waals surface area (Å²) in [5.41, 5.74) is 0. The van der Waals surface area contributed by atoms with E-state index >= 15 is 0 Å². The van der Waals surface area contributed by atoms with Gasteiger partial charge in [0.15, 0.2) is 11.7 Å². The van der Waals surface area contributed by atoms with Crippen molar-refractivity contribution in [3.8, 4) is 0 Å². The van der Waals surface area contributed by atoms with Crippen LogP contribution >= 0.6 is 0 Å². The maximum atomic E-state index is 12.4. The van der Waals surface area contributed by atoms with Crippen LogP contribution in [0.5, 0.6) is 0 Å². The van der Waals surface area contributed by atoms with Crippen LogP contribution < -0.4 is 0 Å². The van der Waals surface area contributed by atoms with Gasteiger partial charge in [-0.3, -0.25) is 14.4 Å². The molecule has 0 aromatic heterocycles. The van der Waals surface area contributed by atoms with E-state index in [1.54, 1.807) is 13.8 Å². The molecule has 1 unspecified atom stereocenters. The van der Waals surface area contributed by atoms with Crippen molar-refractivity contribution in [2.24, 2.45) is 5.92 Å². The lowest BCUT2D eigenvalue weighted by Crippen LogP contribution is -2.56. The van der Waals surface area contributed by atoms with Gasteiger partial charge in [0.2, 0.25) is 5.91 Å². The summed E-state index contributed by atoms with van der Waals surface area (Å²) in [7, 11) is 0. The molecule has 0 spiro atoms. The average molecular weight is 297 g/mol. The van der Waals surface area contributed by atoms with Gasteiger partial charge in [-0.2, -0.15) is 0 Å². The first-order valence-corrected chi connectivity index (χ1v) is 7.19. The van der Waals surface area contributed by atoms with E-state index in [2.05, 4.69) is 0 Å². The Morgan fingerprint density at radius 3 is 2.33 bits per heavy atom. The number of fused-ring (bicyclic) bond motifs is 1. The molecule has 1 amide bonds. The zero-order valence-corrected chi connectivity index (χ0v) is 12.2. The van der Waals surface area contributed by atoms with Gasteiger partial charge in [-0.05, 0) is 26.7 Å². The highest BCUT2D eigenvalue weighted by atomic mass is 16.5. The number of hydrogen-bond acceptors (Lipinski definition) is 6. The summed E-state index contributed by atoms with van der Waals surface area (Å²) in [5, 5.41) is 0. The summed E-state index contributed by atoms with van der Waals surface area (Å²) in [6, 6.07) is -1.02. The molecule has 21 heavy (non-hydrogen) atoms. The summed E-state index contributed by atoms with van der Waals surface area (Å²) in [4.78, 5) is 49.5. The highest BCUT2D eigenvalue weighted by Crippen LogP contribution is 2.34. The minimum atomic E-state index is -1.43. The molecule has 2 fully saturated rings. The predicted octanol–water partition coefficient (Wildman–Crippen LogP) is 0.0612. The Labute approximate surface area is 122 Å². The normalized spacial score (nSPS) is 28.3. The summed E-state index contributed by atoms with van der Waals surface area (Å²) in [5.74, 6) is -3.81. The van der Waals surface area contributed by atoms with Crippen molar-refractivity contribution in [1.82, 2.24) is 4.90 Å². The zero-order chi connectivity index (χ0) is 15.6. The average Bonchev–Trinajstić information content (AvgIpc) is 2.83. The molecule has 2 aliphatic heterocycles. The van der Waals surface area contributed by atoms with E-state index in [1.165, 1.54) is 4.90 Å². The van der Waals surface area contributed by atoms with Crippen LogP contribution in [0.4, 0.5) is 0 Å². The third kappa shape index (κ3) is 2.77. The second kappa shape index (κ2) is 6.24. The Morgan fingerprint density at radius 2 is 1.71 bits per heavy atom. The van der Waals surface area contributed by atoms with Gasteiger partial charge in [-0.1, -0.05) is 0 Å². The Kier molecular flexibility index (Phi) is 4.59. The number of Topliss-reactive ketones (excluding diaryl/α,β-unsaturated/α-hetero) is 1. The van der Waals surface area contributed by atoms with Gasteiger partial charge in [0, 0.05) is 12.5 Å². The van der Waals surface area contributed by atoms with Crippen molar-refractivity contribution in [3.63, 3.8) is 0 Å². The molecule has 7 heteroatoms. The van der Waals surface area contributed by atoms with Crippen LogP contribution in [0.2, 0.25) is 0 Å². The fourth-order valence-electron chi connectivity index (χ4n) is 2.98. The fraction of sp³-hybridized carbons (Fsp3) is 0.714. The SMILES string of the molecule is CCOC(=O)C1C(=O)C[C@H]2CC[C@@H](C(=O)OCC)N2C1=O. The van der Waals surface area contributed by atoms with E-state index in [-0.39, 0.29) is 25.7 Å². The lowest BCUT2D eigenvalue weighted by Gasteiger charge is -2.35. The van der Waals surface area contributed by atoms with Crippen LogP contribution in [-0.4, -0.2) is 53.8 Å². The van der Waals surface area contributed by atoms with Crippen molar-refractivity contribution in [2.75, 3.05) is 13.2 Å². The molecule has 2 aliphatic rings. The lowest BCUT2D eigenvalue weighted by atomic mass is 9.91. The first-order valence-electron chi connectivity index (χ1n) is 7.19. The maximum absolute atomic E-state index is 12.4. The number of esters is 2. The number of ether oxygens (including phenoxy) is 2. The van der Waals surface area contributed by atoms with Gasteiger partial charge in [-0.25, -0.2) is 4.79 Å². The highest BCUT2D eigenvalue weighted by molar-refractivity contribution is 6.18. The Balaban J connectivity index is 2.20. The fourth-order valence-corrected chi connectivity index (χ4v) is 2.98. The number of hydrogen-bond donors (Lipinski definition) is 0. The number of ketones is 1. The van der Waals surface area contributed by atoms with E-state index in [9.17, 15) is 19.2 Å². The van der Waals surface area contributed by atoms with E-state index in [0.717, 1.165) is 0 Å². The second-order valence-corrected chi connectivity index (χ2v) is 5.10. The minimum absolute atomic E-state index is 0.0884. The third-order valence-corrected chi connectivity index (χ3v) is 3.84. The van der Waals surface area contributed by atoms with Crippen molar-refractivity contribution in [3.05, 3.63) is 0 Å². The highest BCUT2D eigenvalue weighted by Gasteiger charge is 2.52. The first kappa shape index (κ1) is 15.5. The molecule has 0 saturated carbocycles. The molecule has 116 valence electrons. The molecule has 2 saturated heterocycles. The molecule has 2 heterocycles. The van der Waals surface area contributed by atoms with Gasteiger partial charge in [0.1, 0.15) is 6.04 Å². The van der Waals surface area contributed by atoms with Crippen LogP contribution in [0.15, 0.2) is 0 Å². The molecule has 0 bridgehead atoms. The van der Waals surface area contributed by atoms with Crippen molar-refractivity contribution < 1.29 is 28.7 Å². The van der Waals surface area contributed by atoms with Gasteiger partial charge in [-0.15, -0.1) is 0 Å². The summed E-state index contributed by atoms with van der Waals surface area (Å²) >= 11 is 0. The maximum Gasteiger partial charge on any atom is 0.328 e. The molecule has 0 aliphatic carbocycles. The number of carbonyl (C=O) groups is 4. The number of piperidine rings is 1. The van der Waals surface area contributed by atoms with Crippen LogP contribution in [0.1, 0.15) is 33.1 Å². The van der Waals surface area contributed by atoms with Crippen LogP contribution in [0.3, 0.4) is 0 Å². The Bertz CT molecular complexity index is 474. The van der Waals surface area contributed by atoms with Crippen molar-refractivity contribution in [1.29, 1.82) is 0 Å². The number of rotatable bonds is 4. The van der Waals surface area contributed by atoms with E-state index in [1.807, 2.05) is 0 Å². The quantitative estimate of drug-likeness (QED) is 0.538. The number of carbonyl (C=O) groups excluding carboxylic acids is 4. The Morgan fingerprint density at radius 1 is 1.10 bits per heavy atom. The van der Waals surface area contributed by atoms with Crippen LogP contribution in [0.25, 0.3) is 0 Å². The molecule has 3 atom stereocenters. The topological polar surface area (TPSA) is 90.0 Å². The van der Waals surface area contributed by atoms with Crippen molar-refractivity contribution >= 4 is 23.6 Å². The number of nitrogens with zero attached hydrogens (tertiary/aromatic N) is 1. The Hall–Kier alpha value is -1.92. The van der Waals surface area contributed by atoms with Gasteiger partial charge < -0.3 is 14.4 Å². The minimum Gasteiger partial charge on any atom is -0.465 e. The van der Waals surface area contributed by atoms with E-state index < -0.39 is 35.6 Å². The molecule has 0 radical (unpaired) electrons. The monoisotopic (exact) mass is 297 g/mol. The third-order valence-electron chi connectivity index (χ3n) is 3.84. The molecule has 0 aromatic carbocycles. The van der Waals surface area contributed by atoms with Gasteiger partial charge in [0.25, 0.3) is 0 Å². The molecular weight excluding hydrogens is 278 g/mol. The first-order chi connectivity index (χ1) is 10.0. The molecule has 7 nitrogen and oxygen atoms in total. The van der Waals surface area contributed by atoms with E-state index in [0.29, 0.717) is 12.8 Å². The zero-order valence-electron chi connectivity index (χ0n) is 12.2. The van der Waals surface area contributed by atoms with Crippen LogP contribution in [-0.2, 0) is 28.7 Å². The summed E-state index contributed by atoms with van der Waals surface area (Å²) in [6.07, 6.45) is 1.11. The van der Waals surface area contributed by atoms with E-state index in [4.69, 9.17) is 9.47 Å². The smallest absolute Gasteiger partial charge is 0.328 e. The largest absolute Gasteiger partial charge is 0.465 e. The molecule has 2 rings (SSSR count). The number of amides is 1. The molecule has 0 aromatic rings. The molecular formula is C14H19NO6. The second-order valence-electron chi connectivity index (χ2n) is 5.10. The van der Waals surface area contributed by atoms with Crippen LogP contribution in [0, 0.1) is 5.92 Å². The standard InChI is InChI=1S/C14H19NO6/c1-3-20-13(18)9-6-5-8-7-10(16)11(12(17)15(8)9)14(19)21-4-2/h8-9,11H,3-7H2,1-2H3/t8-,9+,11?/m1/s1.